The molecule has 23 heavy (non-hydrogen) atoms. The molecule has 1 aliphatic heterocycles. The summed E-state index contributed by atoms with van der Waals surface area (Å²) in [6.07, 6.45) is 1.16. The molecule has 1 N–H and O–H groups in total. The van der Waals surface area contributed by atoms with E-state index in [1.165, 1.54) is 5.56 Å². The molecule has 5 nitrogen and oxygen atoms in total. The van der Waals surface area contributed by atoms with Gasteiger partial charge in [0, 0.05) is 32.7 Å². The fourth-order valence-electron chi connectivity index (χ4n) is 2.53. The van der Waals surface area contributed by atoms with Crippen molar-refractivity contribution in [3.05, 3.63) is 22.4 Å². The Morgan fingerprint density at radius 1 is 1.48 bits per heavy atom. The summed E-state index contributed by atoms with van der Waals surface area (Å²) in [5.74, 6) is 1.61. The Labute approximate surface area is 160 Å². The second kappa shape index (κ2) is 12.0. The lowest BCUT2D eigenvalue weighted by Gasteiger charge is -2.21. The molecule has 0 radical (unpaired) electrons. The summed E-state index contributed by atoms with van der Waals surface area (Å²) in [5, 5.41) is 7.66. The van der Waals surface area contributed by atoms with Crippen molar-refractivity contribution in [2.45, 2.75) is 19.9 Å². The van der Waals surface area contributed by atoms with Crippen LogP contribution in [0.4, 0.5) is 0 Å². The molecule has 0 aromatic carbocycles. The van der Waals surface area contributed by atoms with Gasteiger partial charge < -0.3 is 19.7 Å². The lowest BCUT2D eigenvalue weighted by molar-refractivity contribution is 0.0536. The third-order valence-corrected chi connectivity index (χ3v) is 4.43. The Hall–Kier alpha value is -0.380. The second-order valence-electron chi connectivity index (χ2n) is 5.47. The van der Waals surface area contributed by atoms with E-state index in [-0.39, 0.29) is 24.0 Å². The van der Waals surface area contributed by atoms with Crippen molar-refractivity contribution >= 4 is 41.3 Å². The zero-order valence-electron chi connectivity index (χ0n) is 14.0. The van der Waals surface area contributed by atoms with Gasteiger partial charge in [0.2, 0.25) is 0 Å². The topological polar surface area (TPSA) is 46.1 Å². The molecule has 1 aromatic rings. The van der Waals surface area contributed by atoms with Crippen LogP contribution >= 0.6 is 35.3 Å². The first kappa shape index (κ1) is 20.7. The van der Waals surface area contributed by atoms with Crippen LogP contribution in [0.1, 0.15) is 18.9 Å². The zero-order chi connectivity index (χ0) is 15.6. The molecular weight excluding hydrogens is 425 g/mol. The molecule has 0 aliphatic carbocycles. The predicted octanol–water partition coefficient (Wildman–Crippen LogP) is 2.82. The standard InChI is InChI=1S/C16H27N3O2S.HI/c1-3-17-16(18-10-14-5-9-22-13-14)19-6-4-15(11-19)12-21-8-7-20-2;/h5,9,13,15H,3-4,6-8,10-12H2,1-2H3,(H,17,18);1H. The van der Waals surface area contributed by atoms with Crippen molar-refractivity contribution < 1.29 is 9.47 Å². The maximum Gasteiger partial charge on any atom is 0.194 e. The van der Waals surface area contributed by atoms with Crippen molar-refractivity contribution in [3.8, 4) is 0 Å². The molecular formula is C16H28IN3O2S. The van der Waals surface area contributed by atoms with E-state index in [0.717, 1.165) is 45.2 Å². The highest BCUT2D eigenvalue weighted by molar-refractivity contribution is 14.0. The minimum absolute atomic E-state index is 0. The maximum atomic E-state index is 5.65. The number of methoxy groups -OCH3 is 1. The van der Waals surface area contributed by atoms with Crippen LogP contribution in [0.2, 0.25) is 0 Å². The Morgan fingerprint density at radius 2 is 2.35 bits per heavy atom. The molecule has 1 atom stereocenters. The Kier molecular flexibility index (Phi) is 10.8. The van der Waals surface area contributed by atoms with Gasteiger partial charge in [-0.25, -0.2) is 4.99 Å². The van der Waals surface area contributed by atoms with Gasteiger partial charge in [0.15, 0.2) is 5.96 Å². The molecule has 7 heteroatoms. The van der Waals surface area contributed by atoms with Gasteiger partial charge in [-0.05, 0) is 35.7 Å². The van der Waals surface area contributed by atoms with Crippen molar-refractivity contribution in [1.82, 2.24) is 10.2 Å². The Balaban J connectivity index is 0.00000264. The predicted molar refractivity (Wildman–Crippen MR) is 107 cm³/mol. The van der Waals surface area contributed by atoms with Gasteiger partial charge in [-0.15, -0.1) is 24.0 Å². The number of hydrogen-bond donors (Lipinski definition) is 1. The first-order valence-electron chi connectivity index (χ1n) is 7.94. The zero-order valence-corrected chi connectivity index (χ0v) is 17.1. The molecule has 1 aromatic heterocycles. The smallest absolute Gasteiger partial charge is 0.194 e. The molecule has 0 spiro atoms. The molecule has 0 bridgehead atoms. The average Bonchev–Trinajstić information content (AvgIpc) is 3.19. The molecule has 2 heterocycles. The number of thiophene rings is 1. The van der Waals surface area contributed by atoms with Crippen molar-refractivity contribution in [2.75, 3.05) is 46.6 Å². The molecule has 132 valence electrons. The minimum atomic E-state index is 0. The van der Waals surface area contributed by atoms with Gasteiger partial charge in [0.1, 0.15) is 0 Å². The van der Waals surface area contributed by atoms with E-state index in [0.29, 0.717) is 19.1 Å². The number of aliphatic imine (C=N–C) groups is 1. The van der Waals surface area contributed by atoms with Gasteiger partial charge >= 0.3 is 0 Å². The summed E-state index contributed by atoms with van der Waals surface area (Å²) in [6, 6.07) is 2.13. The third-order valence-electron chi connectivity index (χ3n) is 3.70. The fourth-order valence-corrected chi connectivity index (χ4v) is 3.19. The van der Waals surface area contributed by atoms with Crippen LogP contribution in [0.15, 0.2) is 21.8 Å². The molecule has 0 amide bonds. The normalized spacial score (nSPS) is 18.1. The molecule has 1 saturated heterocycles. The van der Waals surface area contributed by atoms with Gasteiger partial charge in [0.05, 0.1) is 26.4 Å². The van der Waals surface area contributed by atoms with E-state index in [1.807, 2.05) is 0 Å². The van der Waals surface area contributed by atoms with E-state index in [9.17, 15) is 0 Å². The van der Waals surface area contributed by atoms with Crippen LogP contribution in [-0.4, -0.2) is 57.4 Å². The van der Waals surface area contributed by atoms with Gasteiger partial charge in [-0.3, -0.25) is 0 Å². The van der Waals surface area contributed by atoms with Crippen molar-refractivity contribution in [3.63, 3.8) is 0 Å². The minimum Gasteiger partial charge on any atom is -0.382 e. The van der Waals surface area contributed by atoms with E-state index in [1.54, 1.807) is 18.4 Å². The lowest BCUT2D eigenvalue weighted by Crippen LogP contribution is -2.40. The first-order valence-corrected chi connectivity index (χ1v) is 8.88. The maximum absolute atomic E-state index is 5.65. The highest BCUT2D eigenvalue weighted by Crippen LogP contribution is 2.17. The molecule has 0 saturated carbocycles. The summed E-state index contributed by atoms with van der Waals surface area (Å²) < 4.78 is 10.7. The Morgan fingerprint density at radius 3 is 3.04 bits per heavy atom. The molecule has 1 unspecified atom stereocenters. The number of likely N-dealkylation sites (tertiary alicyclic amines) is 1. The summed E-state index contributed by atoms with van der Waals surface area (Å²) >= 11 is 1.72. The van der Waals surface area contributed by atoms with E-state index in [4.69, 9.17) is 14.5 Å². The Bertz CT molecular complexity index is 443. The number of halogens is 1. The van der Waals surface area contributed by atoms with E-state index < -0.39 is 0 Å². The van der Waals surface area contributed by atoms with Crippen LogP contribution in [0, 0.1) is 5.92 Å². The van der Waals surface area contributed by atoms with E-state index >= 15 is 0 Å². The number of nitrogens with one attached hydrogen (secondary N) is 1. The summed E-state index contributed by atoms with van der Waals surface area (Å²) in [5.41, 5.74) is 1.28. The van der Waals surface area contributed by atoms with Gasteiger partial charge in [-0.2, -0.15) is 11.3 Å². The highest BCUT2D eigenvalue weighted by atomic mass is 127. The first-order chi connectivity index (χ1) is 10.8. The number of hydrogen-bond acceptors (Lipinski definition) is 4. The van der Waals surface area contributed by atoms with Crippen LogP contribution < -0.4 is 5.32 Å². The second-order valence-corrected chi connectivity index (χ2v) is 6.25. The SMILES string of the molecule is CCNC(=NCc1ccsc1)N1CCC(COCCOC)C1.I. The summed E-state index contributed by atoms with van der Waals surface area (Å²) in [4.78, 5) is 7.11. The van der Waals surface area contributed by atoms with Gasteiger partial charge in [0.25, 0.3) is 0 Å². The fraction of sp³-hybridized carbons (Fsp3) is 0.688. The lowest BCUT2D eigenvalue weighted by atomic mass is 10.1. The molecule has 2 rings (SSSR count). The van der Waals surface area contributed by atoms with Crippen molar-refractivity contribution in [2.24, 2.45) is 10.9 Å². The average molecular weight is 453 g/mol. The number of nitrogens with zero attached hydrogens (tertiary/aromatic N) is 2. The number of rotatable bonds is 8. The molecule has 1 aliphatic rings. The van der Waals surface area contributed by atoms with Crippen LogP contribution in [0.25, 0.3) is 0 Å². The van der Waals surface area contributed by atoms with Crippen LogP contribution in [-0.2, 0) is 16.0 Å². The van der Waals surface area contributed by atoms with Crippen LogP contribution in [0.3, 0.4) is 0 Å². The van der Waals surface area contributed by atoms with E-state index in [2.05, 4.69) is 34.0 Å². The quantitative estimate of drug-likeness (QED) is 0.285. The monoisotopic (exact) mass is 453 g/mol. The van der Waals surface area contributed by atoms with Crippen LogP contribution in [0.5, 0.6) is 0 Å². The highest BCUT2D eigenvalue weighted by Gasteiger charge is 2.24. The third kappa shape index (κ3) is 7.36. The summed E-state index contributed by atoms with van der Waals surface area (Å²) in [6.45, 7) is 7.98. The number of guanidine groups is 1. The number of ether oxygens (including phenoxy) is 2. The van der Waals surface area contributed by atoms with Gasteiger partial charge in [-0.1, -0.05) is 0 Å². The molecule has 1 fully saturated rings. The largest absolute Gasteiger partial charge is 0.382 e. The summed E-state index contributed by atoms with van der Waals surface area (Å²) in [7, 11) is 1.70. The van der Waals surface area contributed by atoms with Crippen molar-refractivity contribution in [1.29, 1.82) is 0 Å².